The maximum absolute atomic E-state index is 11.6. The van der Waals surface area contributed by atoms with Crippen molar-refractivity contribution in [2.45, 2.75) is 20.4 Å². The summed E-state index contributed by atoms with van der Waals surface area (Å²) in [5, 5.41) is 5.59. The van der Waals surface area contributed by atoms with Gasteiger partial charge in [-0.3, -0.25) is 0 Å². The molecular weight excluding hydrogens is 244 g/mol. The fourth-order valence-corrected chi connectivity index (χ4v) is 1.53. The van der Waals surface area contributed by atoms with E-state index in [1.165, 1.54) is 0 Å². The number of carbonyl (C=O) groups excluding carboxylic acids is 1. The maximum Gasteiger partial charge on any atom is 0.315 e. The Morgan fingerprint density at radius 3 is 2.53 bits per heavy atom. The van der Waals surface area contributed by atoms with Crippen LogP contribution in [0.2, 0.25) is 0 Å². The van der Waals surface area contributed by atoms with Crippen molar-refractivity contribution in [2.24, 2.45) is 5.92 Å². The SMILES string of the molecule is COc1ccc(CNC(=O)NCC(C)C)c(OC)c1. The molecule has 0 spiro atoms. The molecule has 0 saturated heterocycles. The Morgan fingerprint density at radius 2 is 1.95 bits per heavy atom. The zero-order valence-electron chi connectivity index (χ0n) is 11.9. The van der Waals surface area contributed by atoms with Gasteiger partial charge in [0, 0.05) is 24.7 Å². The van der Waals surface area contributed by atoms with E-state index in [9.17, 15) is 4.79 Å². The number of benzene rings is 1. The molecule has 0 radical (unpaired) electrons. The zero-order valence-corrected chi connectivity index (χ0v) is 11.9. The van der Waals surface area contributed by atoms with Crippen LogP contribution in [0.3, 0.4) is 0 Å². The second kappa shape index (κ2) is 7.51. The number of hydrogen-bond acceptors (Lipinski definition) is 3. The highest BCUT2D eigenvalue weighted by Crippen LogP contribution is 2.24. The van der Waals surface area contributed by atoms with E-state index in [1.54, 1.807) is 20.3 Å². The third-order valence-electron chi connectivity index (χ3n) is 2.60. The van der Waals surface area contributed by atoms with Crippen molar-refractivity contribution in [1.29, 1.82) is 0 Å². The first-order valence-corrected chi connectivity index (χ1v) is 6.29. The zero-order chi connectivity index (χ0) is 14.3. The Balaban J connectivity index is 2.55. The lowest BCUT2D eigenvalue weighted by atomic mass is 10.2. The largest absolute Gasteiger partial charge is 0.497 e. The molecule has 1 rings (SSSR count). The minimum absolute atomic E-state index is 0.174. The van der Waals surface area contributed by atoms with Crippen molar-refractivity contribution in [3.05, 3.63) is 23.8 Å². The molecule has 0 aliphatic carbocycles. The average molecular weight is 266 g/mol. The van der Waals surface area contributed by atoms with Crippen LogP contribution in [0.1, 0.15) is 19.4 Å². The molecule has 0 heterocycles. The van der Waals surface area contributed by atoms with Gasteiger partial charge in [-0.15, -0.1) is 0 Å². The molecule has 106 valence electrons. The van der Waals surface area contributed by atoms with Gasteiger partial charge >= 0.3 is 6.03 Å². The van der Waals surface area contributed by atoms with Crippen molar-refractivity contribution in [3.63, 3.8) is 0 Å². The number of urea groups is 1. The third-order valence-corrected chi connectivity index (χ3v) is 2.60. The number of nitrogens with one attached hydrogen (secondary N) is 2. The number of amides is 2. The van der Waals surface area contributed by atoms with E-state index in [0.29, 0.717) is 24.8 Å². The maximum atomic E-state index is 11.6. The van der Waals surface area contributed by atoms with Gasteiger partial charge in [0.1, 0.15) is 11.5 Å². The average Bonchev–Trinajstić information content (AvgIpc) is 2.42. The summed E-state index contributed by atoms with van der Waals surface area (Å²) in [6.07, 6.45) is 0. The highest BCUT2D eigenvalue weighted by molar-refractivity contribution is 5.73. The molecule has 0 aromatic heterocycles. The molecular formula is C14H22N2O3. The lowest BCUT2D eigenvalue weighted by Gasteiger charge is -2.12. The number of methoxy groups -OCH3 is 2. The van der Waals surface area contributed by atoms with Crippen LogP contribution < -0.4 is 20.1 Å². The van der Waals surface area contributed by atoms with Gasteiger partial charge in [-0.1, -0.05) is 13.8 Å². The van der Waals surface area contributed by atoms with Gasteiger partial charge < -0.3 is 20.1 Å². The molecule has 0 unspecified atom stereocenters. The predicted molar refractivity (Wildman–Crippen MR) is 74.6 cm³/mol. The van der Waals surface area contributed by atoms with Gasteiger partial charge in [0.2, 0.25) is 0 Å². The molecule has 0 fully saturated rings. The highest BCUT2D eigenvalue weighted by atomic mass is 16.5. The molecule has 0 aliphatic heterocycles. The van der Waals surface area contributed by atoms with Crippen LogP contribution in [0.4, 0.5) is 4.79 Å². The summed E-state index contributed by atoms with van der Waals surface area (Å²) < 4.78 is 10.4. The van der Waals surface area contributed by atoms with Crippen molar-refractivity contribution in [1.82, 2.24) is 10.6 Å². The topological polar surface area (TPSA) is 59.6 Å². The molecule has 1 aromatic rings. The standard InChI is InChI=1S/C14H22N2O3/c1-10(2)8-15-14(17)16-9-11-5-6-12(18-3)7-13(11)19-4/h5-7,10H,8-9H2,1-4H3,(H2,15,16,17). The summed E-state index contributed by atoms with van der Waals surface area (Å²) in [5.41, 5.74) is 0.906. The quantitative estimate of drug-likeness (QED) is 0.829. The smallest absolute Gasteiger partial charge is 0.315 e. The molecule has 1 aromatic carbocycles. The summed E-state index contributed by atoms with van der Waals surface area (Å²) >= 11 is 0. The third kappa shape index (κ3) is 5.07. The molecule has 5 heteroatoms. The number of ether oxygens (including phenoxy) is 2. The number of rotatable bonds is 6. The van der Waals surface area contributed by atoms with E-state index in [2.05, 4.69) is 10.6 Å². The number of carbonyl (C=O) groups is 1. The molecule has 0 saturated carbocycles. The first-order valence-electron chi connectivity index (χ1n) is 6.29. The molecule has 2 amide bonds. The summed E-state index contributed by atoms with van der Waals surface area (Å²) in [7, 11) is 3.20. The lowest BCUT2D eigenvalue weighted by molar-refractivity contribution is 0.239. The Hall–Kier alpha value is -1.91. The molecule has 5 nitrogen and oxygen atoms in total. The van der Waals surface area contributed by atoms with E-state index < -0.39 is 0 Å². The van der Waals surface area contributed by atoms with E-state index in [0.717, 1.165) is 11.3 Å². The van der Waals surface area contributed by atoms with Crippen LogP contribution in [0.25, 0.3) is 0 Å². The van der Waals surface area contributed by atoms with Crippen LogP contribution in [0.15, 0.2) is 18.2 Å². The second-order valence-electron chi connectivity index (χ2n) is 4.64. The fraction of sp³-hybridized carbons (Fsp3) is 0.500. The fourth-order valence-electron chi connectivity index (χ4n) is 1.53. The Kier molecular flexibility index (Phi) is 5.99. The second-order valence-corrected chi connectivity index (χ2v) is 4.64. The Labute approximate surface area is 114 Å². The van der Waals surface area contributed by atoms with Crippen LogP contribution in [0.5, 0.6) is 11.5 Å². The highest BCUT2D eigenvalue weighted by Gasteiger charge is 2.07. The van der Waals surface area contributed by atoms with Gasteiger partial charge in [-0.2, -0.15) is 0 Å². The molecule has 0 aliphatic rings. The van der Waals surface area contributed by atoms with Gasteiger partial charge in [0.25, 0.3) is 0 Å². The summed E-state index contributed by atoms with van der Waals surface area (Å²) in [5.74, 6) is 1.86. The Morgan fingerprint density at radius 1 is 1.21 bits per heavy atom. The van der Waals surface area contributed by atoms with Crippen LogP contribution in [-0.4, -0.2) is 26.8 Å². The molecule has 0 bridgehead atoms. The summed E-state index contributed by atoms with van der Waals surface area (Å²) in [6, 6.07) is 5.33. The van der Waals surface area contributed by atoms with E-state index >= 15 is 0 Å². The number of hydrogen-bond donors (Lipinski definition) is 2. The first-order chi connectivity index (χ1) is 9.06. The van der Waals surface area contributed by atoms with Crippen molar-refractivity contribution >= 4 is 6.03 Å². The van der Waals surface area contributed by atoms with Gasteiger partial charge in [-0.25, -0.2) is 4.79 Å². The van der Waals surface area contributed by atoms with E-state index in [4.69, 9.17) is 9.47 Å². The van der Waals surface area contributed by atoms with Crippen molar-refractivity contribution in [2.75, 3.05) is 20.8 Å². The molecule has 19 heavy (non-hydrogen) atoms. The van der Waals surface area contributed by atoms with E-state index in [1.807, 2.05) is 26.0 Å². The van der Waals surface area contributed by atoms with Crippen molar-refractivity contribution in [3.8, 4) is 11.5 Å². The first kappa shape index (κ1) is 15.1. The summed E-state index contributed by atoms with van der Waals surface area (Å²) in [6.45, 7) is 5.17. The monoisotopic (exact) mass is 266 g/mol. The molecule has 0 atom stereocenters. The van der Waals surface area contributed by atoms with Gasteiger partial charge in [-0.05, 0) is 18.1 Å². The van der Waals surface area contributed by atoms with E-state index in [-0.39, 0.29) is 6.03 Å². The lowest BCUT2D eigenvalue weighted by Crippen LogP contribution is -2.37. The van der Waals surface area contributed by atoms with Gasteiger partial charge in [0.15, 0.2) is 0 Å². The Bertz CT molecular complexity index is 419. The normalized spacial score (nSPS) is 10.2. The minimum Gasteiger partial charge on any atom is -0.497 e. The molecule has 2 N–H and O–H groups in total. The van der Waals surface area contributed by atoms with Crippen LogP contribution in [0, 0.1) is 5.92 Å². The predicted octanol–water partition coefficient (Wildman–Crippen LogP) is 2.16. The van der Waals surface area contributed by atoms with Gasteiger partial charge in [0.05, 0.1) is 14.2 Å². The summed E-state index contributed by atoms with van der Waals surface area (Å²) in [4.78, 5) is 11.6. The van der Waals surface area contributed by atoms with Crippen molar-refractivity contribution < 1.29 is 14.3 Å². The van der Waals surface area contributed by atoms with Crippen LogP contribution >= 0.6 is 0 Å². The van der Waals surface area contributed by atoms with Crippen LogP contribution in [-0.2, 0) is 6.54 Å². The minimum atomic E-state index is -0.174.